The normalized spacial score (nSPS) is 28.0. The van der Waals surface area contributed by atoms with Crippen molar-refractivity contribution in [2.24, 2.45) is 29.1 Å². The minimum Gasteiger partial charge on any atom is -0.367 e. The molecule has 2 atom stereocenters. The van der Waals surface area contributed by atoms with Crippen molar-refractivity contribution in [1.29, 1.82) is 0 Å². The molecule has 1 aliphatic carbocycles. The summed E-state index contributed by atoms with van der Waals surface area (Å²) in [5.41, 5.74) is -0.430. The van der Waals surface area contributed by atoms with Gasteiger partial charge in [0.15, 0.2) is 6.29 Å². The van der Waals surface area contributed by atoms with E-state index in [4.69, 9.17) is 4.74 Å². The van der Waals surface area contributed by atoms with Crippen LogP contribution in [-0.4, -0.2) is 17.0 Å². The van der Waals surface area contributed by atoms with Crippen LogP contribution in [0.3, 0.4) is 0 Å². The first kappa shape index (κ1) is 20.0. The van der Waals surface area contributed by atoms with Crippen LogP contribution in [-0.2, 0) is 4.74 Å². The number of hydrogen-bond donors (Lipinski definition) is 1. The SMILES string of the molecule is CC(C)CC(C)(C(C)C)C(O)OC(C)(C)C1CCC(C)CC1. The van der Waals surface area contributed by atoms with Crippen LogP contribution >= 0.6 is 0 Å². The average Bonchev–Trinajstić information content (AvgIpc) is 2.37. The molecule has 0 aromatic rings. The standard InChI is InChI=1S/C20H40O2/c1-14(2)13-20(8,15(3)4)18(21)22-19(6,7)17-11-9-16(5)10-12-17/h14-18,21H,9-13H2,1-8H3. The first-order valence-electron chi connectivity index (χ1n) is 9.35. The topological polar surface area (TPSA) is 29.5 Å². The monoisotopic (exact) mass is 312 g/mol. The fourth-order valence-corrected chi connectivity index (χ4v) is 3.98. The van der Waals surface area contributed by atoms with Gasteiger partial charge in [0.2, 0.25) is 0 Å². The largest absolute Gasteiger partial charge is 0.367 e. The molecule has 0 spiro atoms. The predicted molar refractivity (Wildman–Crippen MR) is 94.7 cm³/mol. The molecule has 2 unspecified atom stereocenters. The third kappa shape index (κ3) is 4.96. The Morgan fingerprint density at radius 3 is 1.91 bits per heavy atom. The van der Waals surface area contributed by atoms with Crippen LogP contribution in [0.1, 0.15) is 87.5 Å². The Balaban J connectivity index is 2.76. The molecule has 1 saturated carbocycles. The van der Waals surface area contributed by atoms with E-state index >= 15 is 0 Å². The molecule has 0 saturated heterocycles. The van der Waals surface area contributed by atoms with E-state index in [1.54, 1.807) is 0 Å². The summed E-state index contributed by atoms with van der Waals surface area (Å²) in [6, 6.07) is 0. The zero-order valence-electron chi connectivity index (χ0n) is 16.3. The number of rotatable bonds is 7. The van der Waals surface area contributed by atoms with Crippen molar-refractivity contribution in [2.45, 2.75) is 99.4 Å². The quantitative estimate of drug-likeness (QED) is 0.617. The van der Waals surface area contributed by atoms with E-state index in [2.05, 4.69) is 55.4 Å². The van der Waals surface area contributed by atoms with Gasteiger partial charge in [-0.2, -0.15) is 0 Å². The average molecular weight is 313 g/mol. The van der Waals surface area contributed by atoms with Crippen molar-refractivity contribution in [3.8, 4) is 0 Å². The van der Waals surface area contributed by atoms with Gasteiger partial charge in [-0.25, -0.2) is 0 Å². The third-order valence-electron chi connectivity index (χ3n) is 6.15. The molecule has 0 bridgehead atoms. The van der Waals surface area contributed by atoms with Crippen LogP contribution in [0.15, 0.2) is 0 Å². The Morgan fingerprint density at radius 2 is 1.50 bits per heavy atom. The van der Waals surface area contributed by atoms with Crippen LogP contribution < -0.4 is 0 Å². The highest BCUT2D eigenvalue weighted by molar-refractivity contribution is 4.88. The summed E-state index contributed by atoms with van der Waals surface area (Å²) in [6.07, 6.45) is 5.34. The molecule has 2 nitrogen and oxygen atoms in total. The van der Waals surface area contributed by atoms with Gasteiger partial charge >= 0.3 is 0 Å². The zero-order chi connectivity index (χ0) is 17.1. The van der Waals surface area contributed by atoms with Gasteiger partial charge in [0.1, 0.15) is 0 Å². The van der Waals surface area contributed by atoms with E-state index in [0.717, 1.165) is 12.3 Å². The van der Waals surface area contributed by atoms with Gasteiger partial charge in [0, 0.05) is 5.41 Å². The first-order valence-corrected chi connectivity index (χ1v) is 9.35. The van der Waals surface area contributed by atoms with E-state index in [9.17, 15) is 5.11 Å². The zero-order valence-corrected chi connectivity index (χ0v) is 16.3. The fourth-order valence-electron chi connectivity index (χ4n) is 3.98. The third-order valence-corrected chi connectivity index (χ3v) is 6.15. The molecule has 0 aliphatic heterocycles. The van der Waals surface area contributed by atoms with Gasteiger partial charge in [0.25, 0.3) is 0 Å². The molecule has 1 rings (SSSR count). The van der Waals surface area contributed by atoms with Crippen molar-refractivity contribution < 1.29 is 9.84 Å². The van der Waals surface area contributed by atoms with Gasteiger partial charge in [-0.3, -0.25) is 0 Å². The van der Waals surface area contributed by atoms with E-state index in [0.29, 0.717) is 17.8 Å². The lowest BCUT2D eigenvalue weighted by molar-refractivity contribution is -0.253. The van der Waals surface area contributed by atoms with Crippen LogP contribution in [0.2, 0.25) is 0 Å². The summed E-state index contributed by atoms with van der Waals surface area (Å²) in [6.45, 7) is 17.7. The molecular formula is C20H40O2. The fraction of sp³-hybridized carbons (Fsp3) is 1.00. The number of aliphatic hydroxyl groups is 1. The maximum atomic E-state index is 10.9. The number of ether oxygens (including phenoxy) is 1. The highest BCUT2D eigenvalue weighted by Crippen LogP contribution is 2.43. The Hall–Kier alpha value is -0.0800. The van der Waals surface area contributed by atoms with Gasteiger partial charge in [-0.15, -0.1) is 0 Å². The second kappa shape index (κ2) is 7.66. The van der Waals surface area contributed by atoms with E-state index in [1.807, 2.05) is 0 Å². The van der Waals surface area contributed by atoms with Crippen molar-refractivity contribution in [2.75, 3.05) is 0 Å². The highest BCUT2D eigenvalue weighted by atomic mass is 16.6. The molecule has 0 aromatic heterocycles. The maximum Gasteiger partial charge on any atom is 0.160 e. The molecule has 1 N–H and O–H groups in total. The van der Waals surface area contributed by atoms with E-state index in [-0.39, 0.29) is 11.0 Å². The van der Waals surface area contributed by atoms with Crippen molar-refractivity contribution >= 4 is 0 Å². The summed E-state index contributed by atoms with van der Waals surface area (Å²) >= 11 is 0. The molecule has 22 heavy (non-hydrogen) atoms. The van der Waals surface area contributed by atoms with E-state index < -0.39 is 6.29 Å². The molecule has 0 amide bonds. The number of hydrogen-bond acceptors (Lipinski definition) is 2. The van der Waals surface area contributed by atoms with Crippen LogP contribution in [0.5, 0.6) is 0 Å². The lowest BCUT2D eigenvalue weighted by atomic mass is 9.71. The molecule has 0 radical (unpaired) electrons. The minimum atomic E-state index is -0.691. The minimum absolute atomic E-state index is 0.187. The van der Waals surface area contributed by atoms with Gasteiger partial charge in [-0.05, 0) is 56.8 Å². The number of aliphatic hydroxyl groups excluding tert-OH is 1. The van der Waals surface area contributed by atoms with E-state index in [1.165, 1.54) is 25.7 Å². The second-order valence-corrected chi connectivity index (χ2v) is 9.29. The summed E-state index contributed by atoms with van der Waals surface area (Å²) < 4.78 is 6.30. The van der Waals surface area contributed by atoms with Crippen molar-refractivity contribution in [1.82, 2.24) is 0 Å². The van der Waals surface area contributed by atoms with Gasteiger partial charge in [-0.1, -0.05) is 54.4 Å². The summed E-state index contributed by atoms with van der Waals surface area (Å²) in [4.78, 5) is 0. The molecule has 0 heterocycles. The van der Waals surface area contributed by atoms with Gasteiger partial charge in [0.05, 0.1) is 5.60 Å². The molecule has 132 valence electrons. The summed E-state index contributed by atoms with van der Waals surface area (Å²) in [5.74, 6) is 2.36. The summed E-state index contributed by atoms with van der Waals surface area (Å²) in [5, 5.41) is 10.9. The molecule has 1 aliphatic rings. The summed E-state index contributed by atoms with van der Waals surface area (Å²) in [7, 11) is 0. The van der Waals surface area contributed by atoms with Crippen molar-refractivity contribution in [3.05, 3.63) is 0 Å². The highest BCUT2D eigenvalue weighted by Gasteiger charge is 2.42. The van der Waals surface area contributed by atoms with Crippen LogP contribution in [0, 0.1) is 29.1 Å². The Labute approximate surface area is 139 Å². The Kier molecular flexibility index (Phi) is 6.95. The lowest BCUT2D eigenvalue weighted by Gasteiger charge is -2.46. The van der Waals surface area contributed by atoms with Crippen molar-refractivity contribution in [3.63, 3.8) is 0 Å². The molecule has 2 heteroatoms. The molecular weight excluding hydrogens is 272 g/mol. The van der Waals surface area contributed by atoms with Crippen LogP contribution in [0.25, 0.3) is 0 Å². The molecule has 0 aromatic carbocycles. The first-order chi connectivity index (χ1) is 9.99. The lowest BCUT2D eigenvalue weighted by Crippen LogP contribution is -2.47. The molecule has 1 fully saturated rings. The smallest absolute Gasteiger partial charge is 0.160 e. The Bertz CT molecular complexity index is 327. The van der Waals surface area contributed by atoms with Crippen LogP contribution in [0.4, 0.5) is 0 Å². The Morgan fingerprint density at radius 1 is 1.00 bits per heavy atom. The van der Waals surface area contributed by atoms with Gasteiger partial charge < -0.3 is 9.84 Å². The predicted octanol–water partition coefficient (Wildman–Crippen LogP) is 5.63. The second-order valence-electron chi connectivity index (χ2n) is 9.29. The maximum absolute atomic E-state index is 10.9.